The van der Waals surface area contributed by atoms with Gasteiger partial charge in [-0.15, -0.1) is 0 Å². The van der Waals surface area contributed by atoms with Crippen LogP contribution in [0.3, 0.4) is 0 Å². The lowest BCUT2D eigenvalue weighted by Gasteiger charge is -2.13. The SMILES string of the molecule is CCCNC(=O)[C@H](C)NC(=O)COC(=O)CCNC(=O)c1ccc(Cl)cc1. The van der Waals surface area contributed by atoms with Crippen LogP contribution in [0.5, 0.6) is 0 Å². The van der Waals surface area contributed by atoms with Crippen molar-refractivity contribution in [2.24, 2.45) is 0 Å². The van der Waals surface area contributed by atoms with E-state index in [0.717, 1.165) is 6.42 Å². The highest BCUT2D eigenvalue weighted by Crippen LogP contribution is 2.09. The first kappa shape index (κ1) is 22.4. The van der Waals surface area contributed by atoms with Gasteiger partial charge in [-0.25, -0.2) is 0 Å². The van der Waals surface area contributed by atoms with E-state index in [0.29, 0.717) is 17.1 Å². The number of ether oxygens (including phenoxy) is 1. The highest BCUT2D eigenvalue weighted by molar-refractivity contribution is 6.30. The lowest BCUT2D eigenvalue weighted by atomic mass is 10.2. The first-order chi connectivity index (χ1) is 12.8. The molecule has 1 aromatic rings. The Kier molecular flexibility index (Phi) is 9.89. The molecule has 0 saturated carbocycles. The zero-order valence-electron chi connectivity index (χ0n) is 15.3. The molecule has 3 N–H and O–H groups in total. The Bertz CT molecular complexity index is 663. The molecule has 1 atom stereocenters. The Morgan fingerprint density at radius 3 is 2.37 bits per heavy atom. The summed E-state index contributed by atoms with van der Waals surface area (Å²) in [7, 11) is 0. The van der Waals surface area contributed by atoms with Gasteiger partial charge in [0.05, 0.1) is 6.42 Å². The van der Waals surface area contributed by atoms with Crippen LogP contribution < -0.4 is 16.0 Å². The molecule has 0 aliphatic carbocycles. The van der Waals surface area contributed by atoms with Gasteiger partial charge in [-0.3, -0.25) is 19.2 Å². The summed E-state index contributed by atoms with van der Waals surface area (Å²) in [5.74, 6) is -1.86. The zero-order valence-corrected chi connectivity index (χ0v) is 16.1. The Hall–Kier alpha value is -2.61. The van der Waals surface area contributed by atoms with Crippen molar-refractivity contribution in [1.29, 1.82) is 0 Å². The minimum Gasteiger partial charge on any atom is -0.456 e. The van der Waals surface area contributed by atoms with Crippen LogP contribution in [0.1, 0.15) is 37.0 Å². The number of hydrogen-bond acceptors (Lipinski definition) is 5. The number of amides is 3. The van der Waals surface area contributed by atoms with Crippen LogP contribution in [0.15, 0.2) is 24.3 Å². The summed E-state index contributed by atoms with van der Waals surface area (Å²) in [4.78, 5) is 46.8. The largest absolute Gasteiger partial charge is 0.456 e. The van der Waals surface area contributed by atoms with Gasteiger partial charge in [0.25, 0.3) is 11.8 Å². The van der Waals surface area contributed by atoms with Gasteiger partial charge < -0.3 is 20.7 Å². The van der Waals surface area contributed by atoms with E-state index in [1.54, 1.807) is 24.3 Å². The molecule has 0 saturated heterocycles. The summed E-state index contributed by atoms with van der Waals surface area (Å²) >= 11 is 5.75. The molecular formula is C18H24ClN3O5. The highest BCUT2D eigenvalue weighted by atomic mass is 35.5. The van der Waals surface area contributed by atoms with E-state index in [4.69, 9.17) is 16.3 Å². The molecule has 0 radical (unpaired) electrons. The summed E-state index contributed by atoms with van der Waals surface area (Å²) in [6, 6.07) is 5.59. The van der Waals surface area contributed by atoms with Gasteiger partial charge in [0.1, 0.15) is 6.04 Å². The molecule has 0 heterocycles. The standard InChI is InChI=1S/C18H24ClN3O5/c1-3-9-20-17(25)12(2)22-15(23)11-27-16(24)8-10-21-18(26)13-4-6-14(19)7-5-13/h4-7,12H,3,8-11H2,1-2H3,(H,20,25)(H,21,26)(H,22,23)/t12-/m0/s1. The zero-order chi connectivity index (χ0) is 20.2. The third-order valence-corrected chi connectivity index (χ3v) is 3.66. The molecule has 1 rings (SSSR count). The second-order valence-corrected chi connectivity index (χ2v) is 6.19. The third-order valence-electron chi connectivity index (χ3n) is 3.41. The number of halogens is 1. The molecule has 0 unspecified atom stereocenters. The highest BCUT2D eigenvalue weighted by Gasteiger charge is 2.16. The minimum absolute atomic E-state index is 0.0672. The van der Waals surface area contributed by atoms with Crippen LogP contribution in [-0.4, -0.2) is 49.4 Å². The lowest BCUT2D eigenvalue weighted by molar-refractivity contribution is -0.148. The van der Waals surface area contributed by atoms with E-state index < -0.39 is 24.5 Å². The second-order valence-electron chi connectivity index (χ2n) is 5.75. The van der Waals surface area contributed by atoms with Gasteiger partial charge in [0.15, 0.2) is 6.61 Å². The Morgan fingerprint density at radius 2 is 1.74 bits per heavy atom. The fraction of sp³-hybridized carbons (Fsp3) is 0.444. The first-order valence-corrected chi connectivity index (χ1v) is 8.97. The van der Waals surface area contributed by atoms with E-state index in [2.05, 4.69) is 16.0 Å². The number of benzene rings is 1. The minimum atomic E-state index is -0.721. The fourth-order valence-electron chi connectivity index (χ4n) is 1.95. The van der Waals surface area contributed by atoms with Gasteiger partial charge in [-0.05, 0) is 37.6 Å². The maximum atomic E-state index is 11.9. The summed E-state index contributed by atoms with van der Waals surface area (Å²) < 4.78 is 4.82. The van der Waals surface area contributed by atoms with E-state index in [1.165, 1.54) is 6.92 Å². The molecule has 3 amide bonds. The first-order valence-electron chi connectivity index (χ1n) is 8.60. The van der Waals surface area contributed by atoms with Crippen molar-refractivity contribution in [3.05, 3.63) is 34.9 Å². The van der Waals surface area contributed by atoms with E-state index >= 15 is 0 Å². The van der Waals surface area contributed by atoms with Crippen molar-refractivity contribution in [3.63, 3.8) is 0 Å². The molecule has 9 heteroatoms. The van der Waals surface area contributed by atoms with Crippen LogP contribution in [0, 0.1) is 0 Å². The van der Waals surface area contributed by atoms with Crippen molar-refractivity contribution in [3.8, 4) is 0 Å². The Morgan fingerprint density at radius 1 is 1.07 bits per heavy atom. The number of carbonyl (C=O) groups is 4. The molecule has 27 heavy (non-hydrogen) atoms. The van der Waals surface area contributed by atoms with Crippen molar-refractivity contribution in [2.45, 2.75) is 32.7 Å². The van der Waals surface area contributed by atoms with Crippen molar-refractivity contribution in [2.75, 3.05) is 19.7 Å². The van der Waals surface area contributed by atoms with Crippen LogP contribution in [0.25, 0.3) is 0 Å². The van der Waals surface area contributed by atoms with Crippen LogP contribution >= 0.6 is 11.6 Å². The molecular weight excluding hydrogens is 374 g/mol. The Labute approximate surface area is 163 Å². The average Bonchev–Trinajstić information content (AvgIpc) is 2.64. The van der Waals surface area contributed by atoms with Crippen molar-refractivity contribution in [1.82, 2.24) is 16.0 Å². The van der Waals surface area contributed by atoms with Crippen LogP contribution in [0.2, 0.25) is 5.02 Å². The van der Waals surface area contributed by atoms with Crippen molar-refractivity contribution >= 4 is 35.3 Å². The maximum absolute atomic E-state index is 11.9. The average molecular weight is 398 g/mol. The summed E-state index contributed by atoms with van der Waals surface area (Å²) in [6.45, 7) is 3.56. The van der Waals surface area contributed by atoms with E-state index in [-0.39, 0.29) is 24.8 Å². The van der Waals surface area contributed by atoms with Gasteiger partial charge >= 0.3 is 5.97 Å². The van der Waals surface area contributed by atoms with Crippen LogP contribution in [-0.2, 0) is 19.1 Å². The normalized spacial score (nSPS) is 11.2. The molecule has 0 aromatic heterocycles. The van der Waals surface area contributed by atoms with Gasteiger partial charge in [-0.1, -0.05) is 18.5 Å². The summed E-state index contributed by atoms with van der Waals surface area (Å²) in [5.41, 5.74) is 0.419. The quantitative estimate of drug-likeness (QED) is 0.510. The third kappa shape index (κ3) is 9.05. The van der Waals surface area contributed by atoms with Crippen LogP contribution in [0.4, 0.5) is 0 Å². The summed E-state index contributed by atoms with van der Waals surface area (Å²) in [5, 5.41) is 8.17. The Balaban J connectivity index is 2.22. The molecule has 1 aromatic carbocycles. The van der Waals surface area contributed by atoms with E-state index in [1.807, 2.05) is 6.92 Å². The molecule has 8 nitrogen and oxygen atoms in total. The van der Waals surface area contributed by atoms with Crippen molar-refractivity contribution < 1.29 is 23.9 Å². The molecule has 0 aliphatic heterocycles. The second kappa shape index (κ2) is 11.9. The van der Waals surface area contributed by atoms with E-state index in [9.17, 15) is 19.2 Å². The number of nitrogens with one attached hydrogen (secondary N) is 3. The number of esters is 1. The maximum Gasteiger partial charge on any atom is 0.308 e. The molecule has 0 spiro atoms. The van der Waals surface area contributed by atoms with Gasteiger partial charge in [0.2, 0.25) is 5.91 Å². The summed E-state index contributed by atoms with van der Waals surface area (Å²) in [6.07, 6.45) is 0.706. The predicted octanol–water partition coefficient (Wildman–Crippen LogP) is 1.03. The van der Waals surface area contributed by atoms with Gasteiger partial charge in [-0.2, -0.15) is 0 Å². The molecule has 0 bridgehead atoms. The topological polar surface area (TPSA) is 114 Å². The molecule has 0 fully saturated rings. The monoisotopic (exact) mass is 397 g/mol. The predicted molar refractivity (Wildman–Crippen MR) is 100 cm³/mol. The lowest BCUT2D eigenvalue weighted by Crippen LogP contribution is -2.46. The fourth-order valence-corrected chi connectivity index (χ4v) is 2.08. The molecule has 0 aliphatic rings. The van der Waals surface area contributed by atoms with Gasteiger partial charge in [0, 0.05) is 23.7 Å². The number of carbonyl (C=O) groups excluding carboxylic acids is 4. The smallest absolute Gasteiger partial charge is 0.308 e. The number of hydrogen-bond donors (Lipinski definition) is 3. The number of rotatable bonds is 10. The molecule has 148 valence electrons.